The van der Waals surface area contributed by atoms with Gasteiger partial charge in [-0.2, -0.15) is 10.4 Å². The van der Waals surface area contributed by atoms with Crippen molar-refractivity contribution in [2.24, 2.45) is 5.41 Å². The zero-order valence-corrected chi connectivity index (χ0v) is 12.7. The number of aromatic nitrogens is 2. The first-order valence-corrected chi connectivity index (χ1v) is 6.30. The largest absolute Gasteiger partial charge is 0.481 e. The van der Waals surface area contributed by atoms with Crippen LogP contribution in [0.1, 0.15) is 44.5 Å². The van der Waals surface area contributed by atoms with Gasteiger partial charge in [-0.1, -0.05) is 0 Å². The van der Waals surface area contributed by atoms with Crippen molar-refractivity contribution in [3.05, 3.63) is 16.8 Å². The molecular formula is C14H20N4O2. The number of nitrogens with zero attached hydrogens (tertiary/aromatic N) is 3. The Bertz CT molecular complexity index is 586. The maximum Gasteiger partial charge on any atom is 0.311 e. The minimum Gasteiger partial charge on any atom is -0.481 e. The van der Waals surface area contributed by atoms with Crippen LogP contribution in [0.2, 0.25) is 0 Å². The summed E-state index contributed by atoms with van der Waals surface area (Å²) in [4.78, 5) is 11.4. The lowest BCUT2D eigenvalue weighted by Crippen LogP contribution is -2.51. The first-order chi connectivity index (χ1) is 9.04. The van der Waals surface area contributed by atoms with E-state index in [0.29, 0.717) is 17.1 Å². The van der Waals surface area contributed by atoms with Crippen molar-refractivity contribution in [1.82, 2.24) is 10.2 Å². The summed E-state index contributed by atoms with van der Waals surface area (Å²) in [5.74, 6) is -0.611. The second kappa shape index (κ2) is 5.08. The van der Waals surface area contributed by atoms with E-state index >= 15 is 0 Å². The van der Waals surface area contributed by atoms with Crippen LogP contribution in [0.5, 0.6) is 0 Å². The van der Waals surface area contributed by atoms with E-state index in [1.54, 1.807) is 41.5 Å². The lowest BCUT2D eigenvalue weighted by atomic mass is 9.74. The average Bonchev–Trinajstić information content (AvgIpc) is 2.33. The molecule has 0 saturated carbocycles. The van der Waals surface area contributed by atoms with E-state index in [4.69, 9.17) is 0 Å². The molecule has 1 heterocycles. The molecule has 1 rings (SSSR count). The monoisotopic (exact) mass is 276 g/mol. The molecule has 0 unspecified atom stereocenters. The first-order valence-electron chi connectivity index (χ1n) is 6.30. The summed E-state index contributed by atoms with van der Waals surface area (Å²) >= 11 is 0. The third-order valence-corrected chi connectivity index (χ3v) is 4.09. The Morgan fingerprint density at radius 1 is 1.25 bits per heavy atom. The molecule has 0 radical (unpaired) electrons. The fourth-order valence-electron chi connectivity index (χ4n) is 1.55. The smallest absolute Gasteiger partial charge is 0.311 e. The van der Waals surface area contributed by atoms with Crippen molar-refractivity contribution in [1.29, 1.82) is 5.26 Å². The summed E-state index contributed by atoms with van der Waals surface area (Å²) in [6, 6.07) is 2.10. The van der Waals surface area contributed by atoms with Crippen LogP contribution in [0.4, 0.5) is 5.82 Å². The molecule has 0 aromatic carbocycles. The molecule has 1 aromatic rings. The molecule has 2 N–H and O–H groups in total. The van der Waals surface area contributed by atoms with E-state index in [0.717, 1.165) is 5.56 Å². The van der Waals surface area contributed by atoms with Gasteiger partial charge in [-0.25, -0.2) is 0 Å². The summed E-state index contributed by atoms with van der Waals surface area (Å²) in [6.07, 6.45) is 0. The number of carbonyl (C=O) groups is 1. The Labute approximate surface area is 118 Å². The Balaban J connectivity index is 3.27. The zero-order chi connectivity index (χ0) is 15.7. The van der Waals surface area contributed by atoms with Gasteiger partial charge >= 0.3 is 5.97 Å². The zero-order valence-electron chi connectivity index (χ0n) is 12.7. The number of nitriles is 1. The summed E-state index contributed by atoms with van der Waals surface area (Å²) in [5, 5.41) is 29.6. The minimum atomic E-state index is -1.04. The summed E-state index contributed by atoms with van der Waals surface area (Å²) in [5.41, 5.74) is -0.0239. The van der Waals surface area contributed by atoms with Gasteiger partial charge < -0.3 is 10.4 Å². The molecule has 0 atom stereocenters. The Morgan fingerprint density at radius 3 is 2.25 bits per heavy atom. The predicted molar refractivity (Wildman–Crippen MR) is 75.3 cm³/mol. The van der Waals surface area contributed by atoms with Crippen LogP contribution in [0, 0.1) is 30.6 Å². The van der Waals surface area contributed by atoms with Gasteiger partial charge in [0.1, 0.15) is 11.6 Å². The molecule has 0 aliphatic heterocycles. The molecular weight excluding hydrogens is 256 g/mol. The van der Waals surface area contributed by atoms with Crippen molar-refractivity contribution in [2.75, 3.05) is 5.32 Å². The van der Waals surface area contributed by atoms with E-state index < -0.39 is 16.9 Å². The minimum absolute atomic E-state index is 0.315. The van der Waals surface area contributed by atoms with Crippen molar-refractivity contribution < 1.29 is 9.90 Å². The highest BCUT2D eigenvalue weighted by atomic mass is 16.4. The van der Waals surface area contributed by atoms with E-state index in [2.05, 4.69) is 21.6 Å². The third-order valence-electron chi connectivity index (χ3n) is 4.09. The molecule has 0 aliphatic rings. The first kappa shape index (κ1) is 15.9. The molecule has 0 saturated heterocycles. The summed E-state index contributed by atoms with van der Waals surface area (Å²) in [6.45, 7) is 10.4. The van der Waals surface area contributed by atoms with Gasteiger partial charge in [-0.15, -0.1) is 5.10 Å². The Hall–Kier alpha value is -2.16. The summed E-state index contributed by atoms with van der Waals surface area (Å²) < 4.78 is 0. The van der Waals surface area contributed by atoms with Crippen molar-refractivity contribution >= 4 is 11.8 Å². The van der Waals surface area contributed by atoms with Gasteiger partial charge in [0.05, 0.1) is 11.1 Å². The highest BCUT2D eigenvalue weighted by molar-refractivity contribution is 5.76. The molecule has 108 valence electrons. The van der Waals surface area contributed by atoms with Gasteiger partial charge in [0, 0.05) is 5.54 Å². The maximum absolute atomic E-state index is 11.4. The number of nitrogens with one attached hydrogen (secondary N) is 1. The SMILES string of the molecule is Cc1nnc(NC(C)(C)C(C)(C)C(=O)O)c(C#N)c1C. The number of anilines is 1. The second-order valence-corrected chi connectivity index (χ2v) is 5.93. The van der Waals surface area contributed by atoms with Crippen molar-refractivity contribution in [3.8, 4) is 6.07 Å². The summed E-state index contributed by atoms with van der Waals surface area (Å²) in [7, 11) is 0. The predicted octanol–water partition coefficient (Wildman–Crippen LogP) is 2.27. The number of rotatable bonds is 4. The number of carboxylic acids is 1. The van der Waals surface area contributed by atoms with Crippen molar-refractivity contribution in [3.63, 3.8) is 0 Å². The van der Waals surface area contributed by atoms with Gasteiger partial charge in [0.2, 0.25) is 0 Å². The van der Waals surface area contributed by atoms with Gasteiger partial charge in [-0.3, -0.25) is 4.79 Å². The fraction of sp³-hybridized carbons (Fsp3) is 0.571. The quantitative estimate of drug-likeness (QED) is 0.875. The molecule has 6 nitrogen and oxygen atoms in total. The number of hydrogen-bond donors (Lipinski definition) is 2. The molecule has 20 heavy (non-hydrogen) atoms. The number of hydrogen-bond acceptors (Lipinski definition) is 5. The van der Waals surface area contributed by atoms with Crippen LogP contribution in [-0.2, 0) is 4.79 Å². The standard InChI is InChI=1S/C14H20N4O2/c1-8-9(2)17-18-11(10(8)7-15)16-14(5,6)13(3,4)12(19)20/h1-6H3,(H,16,18)(H,19,20). The second-order valence-electron chi connectivity index (χ2n) is 5.93. The lowest BCUT2D eigenvalue weighted by Gasteiger charge is -2.39. The van der Waals surface area contributed by atoms with Gasteiger partial charge in [0.15, 0.2) is 5.82 Å². The van der Waals surface area contributed by atoms with Crippen LogP contribution >= 0.6 is 0 Å². The van der Waals surface area contributed by atoms with Crippen LogP contribution in [0.3, 0.4) is 0 Å². The van der Waals surface area contributed by atoms with E-state index in [-0.39, 0.29) is 0 Å². The lowest BCUT2D eigenvalue weighted by molar-refractivity contribution is -0.149. The van der Waals surface area contributed by atoms with E-state index in [1.165, 1.54) is 0 Å². The molecule has 0 aliphatic carbocycles. The highest BCUT2D eigenvalue weighted by Crippen LogP contribution is 2.34. The fourth-order valence-corrected chi connectivity index (χ4v) is 1.55. The Kier molecular flexibility index (Phi) is 4.04. The number of aliphatic carboxylic acids is 1. The molecule has 0 spiro atoms. The third kappa shape index (κ3) is 2.57. The highest BCUT2D eigenvalue weighted by Gasteiger charge is 2.44. The molecule has 6 heteroatoms. The van der Waals surface area contributed by atoms with E-state index in [9.17, 15) is 15.2 Å². The number of carboxylic acid groups (broad SMARTS) is 1. The average molecular weight is 276 g/mol. The molecule has 0 amide bonds. The van der Waals surface area contributed by atoms with E-state index in [1.807, 2.05) is 0 Å². The molecule has 1 aromatic heterocycles. The van der Waals surface area contributed by atoms with Gasteiger partial charge in [-0.05, 0) is 47.1 Å². The molecule has 0 fully saturated rings. The normalized spacial score (nSPS) is 11.8. The maximum atomic E-state index is 11.4. The topological polar surface area (TPSA) is 98.9 Å². The van der Waals surface area contributed by atoms with Crippen LogP contribution in [-0.4, -0.2) is 26.8 Å². The number of aryl methyl sites for hydroxylation is 1. The van der Waals surface area contributed by atoms with Gasteiger partial charge in [0.25, 0.3) is 0 Å². The van der Waals surface area contributed by atoms with Crippen molar-refractivity contribution in [2.45, 2.75) is 47.1 Å². The van der Waals surface area contributed by atoms with Crippen LogP contribution in [0.15, 0.2) is 0 Å². The molecule has 0 bridgehead atoms. The van der Waals surface area contributed by atoms with Crippen LogP contribution < -0.4 is 5.32 Å². The van der Waals surface area contributed by atoms with Crippen LogP contribution in [0.25, 0.3) is 0 Å². The Morgan fingerprint density at radius 2 is 1.80 bits per heavy atom.